The summed E-state index contributed by atoms with van der Waals surface area (Å²) in [6, 6.07) is 0.591. The molecule has 2 heterocycles. The third-order valence-electron chi connectivity index (χ3n) is 5.56. The minimum Gasteiger partial charge on any atom is -0.481 e. The molecule has 0 aromatic carbocycles. The lowest BCUT2D eigenvalue weighted by Crippen LogP contribution is -2.47. The summed E-state index contributed by atoms with van der Waals surface area (Å²) in [6.07, 6.45) is 3.20. The first-order chi connectivity index (χ1) is 9.85. The number of rotatable bonds is 5. The van der Waals surface area contributed by atoms with E-state index >= 15 is 0 Å². The average molecular weight is 296 g/mol. The molecule has 1 N–H and O–H groups in total. The van der Waals surface area contributed by atoms with Crippen molar-refractivity contribution in [1.82, 2.24) is 9.80 Å². The summed E-state index contributed by atoms with van der Waals surface area (Å²) in [6.45, 7) is 13.9. The number of carbonyl (C=O) groups is 1. The molecule has 122 valence electrons. The van der Waals surface area contributed by atoms with Crippen LogP contribution in [0.5, 0.6) is 0 Å². The van der Waals surface area contributed by atoms with Gasteiger partial charge in [0.25, 0.3) is 0 Å². The van der Waals surface area contributed by atoms with Crippen molar-refractivity contribution in [2.45, 2.75) is 53.0 Å². The van der Waals surface area contributed by atoms with E-state index in [9.17, 15) is 9.90 Å². The van der Waals surface area contributed by atoms with Crippen molar-refractivity contribution in [1.29, 1.82) is 0 Å². The molecule has 0 aliphatic carbocycles. The number of aliphatic carboxylic acids is 1. The summed E-state index contributed by atoms with van der Waals surface area (Å²) < 4.78 is 0. The smallest absolute Gasteiger partial charge is 0.311 e. The molecule has 0 aromatic heterocycles. The van der Waals surface area contributed by atoms with Crippen LogP contribution < -0.4 is 0 Å². The topological polar surface area (TPSA) is 43.8 Å². The van der Waals surface area contributed by atoms with Gasteiger partial charge in [-0.25, -0.2) is 0 Å². The SMILES string of the molecule is CC(C)CN1CCC(N2CCC(C(=O)O)(C(C)C)C2)CC1. The Kier molecular flexibility index (Phi) is 5.31. The van der Waals surface area contributed by atoms with Crippen molar-refractivity contribution >= 4 is 5.97 Å². The van der Waals surface area contributed by atoms with Gasteiger partial charge in [0.1, 0.15) is 0 Å². The summed E-state index contributed by atoms with van der Waals surface area (Å²) in [5.74, 6) is 0.340. The molecule has 0 bridgehead atoms. The lowest BCUT2D eigenvalue weighted by atomic mass is 9.76. The third-order valence-corrected chi connectivity index (χ3v) is 5.56. The number of hydrogen-bond acceptors (Lipinski definition) is 3. The van der Waals surface area contributed by atoms with Crippen LogP contribution in [0.25, 0.3) is 0 Å². The molecule has 2 fully saturated rings. The van der Waals surface area contributed by atoms with Gasteiger partial charge in [0.05, 0.1) is 5.41 Å². The second kappa shape index (κ2) is 6.66. The lowest BCUT2D eigenvalue weighted by molar-refractivity contribution is -0.151. The largest absolute Gasteiger partial charge is 0.481 e. The first-order valence-electron chi connectivity index (χ1n) is 8.55. The van der Waals surface area contributed by atoms with Crippen LogP contribution in [0, 0.1) is 17.3 Å². The van der Waals surface area contributed by atoms with Gasteiger partial charge in [-0.3, -0.25) is 9.69 Å². The summed E-state index contributed by atoms with van der Waals surface area (Å²) in [4.78, 5) is 16.8. The van der Waals surface area contributed by atoms with Crippen molar-refractivity contribution in [3.8, 4) is 0 Å². The highest BCUT2D eigenvalue weighted by molar-refractivity contribution is 5.75. The normalized spacial score (nSPS) is 29.6. The van der Waals surface area contributed by atoms with Gasteiger partial charge in [-0.1, -0.05) is 27.7 Å². The molecule has 4 heteroatoms. The summed E-state index contributed by atoms with van der Waals surface area (Å²) >= 11 is 0. The molecule has 0 aromatic rings. The van der Waals surface area contributed by atoms with Crippen LogP contribution >= 0.6 is 0 Å². The predicted octanol–water partition coefficient (Wildman–Crippen LogP) is 2.54. The average Bonchev–Trinajstić information content (AvgIpc) is 2.85. The molecule has 2 rings (SSSR count). The summed E-state index contributed by atoms with van der Waals surface area (Å²) in [5.41, 5.74) is -0.519. The van der Waals surface area contributed by atoms with Crippen LogP contribution in [0.4, 0.5) is 0 Å². The van der Waals surface area contributed by atoms with Crippen LogP contribution in [-0.4, -0.2) is 59.6 Å². The Labute approximate surface area is 129 Å². The zero-order valence-electron chi connectivity index (χ0n) is 14.1. The highest BCUT2D eigenvalue weighted by Crippen LogP contribution is 2.40. The Morgan fingerprint density at radius 3 is 2.24 bits per heavy atom. The van der Waals surface area contributed by atoms with Crippen LogP contribution in [0.15, 0.2) is 0 Å². The van der Waals surface area contributed by atoms with Gasteiger partial charge in [-0.2, -0.15) is 0 Å². The molecule has 0 spiro atoms. The van der Waals surface area contributed by atoms with Crippen LogP contribution in [0.1, 0.15) is 47.0 Å². The van der Waals surface area contributed by atoms with Gasteiger partial charge in [0.2, 0.25) is 0 Å². The van der Waals surface area contributed by atoms with Crippen LogP contribution in [0.2, 0.25) is 0 Å². The van der Waals surface area contributed by atoms with E-state index in [0.29, 0.717) is 6.04 Å². The Balaban J connectivity index is 1.90. The molecule has 1 atom stereocenters. The van der Waals surface area contributed by atoms with E-state index in [0.717, 1.165) is 25.4 Å². The molecule has 2 saturated heterocycles. The van der Waals surface area contributed by atoms with E-state index in [2.05, 4.69) is 37.5 Å². The van der Waals surface area contributed by atoms with E-state index < -0.39 is 11.4 Å². The van der Waals surface area contributed by atoms with E-state index in [1.54, 1.807) is 0 Å². The Morgan fingerprint density at radius 1 is 1.19 bits per heavy atom. The van der Waals surface area contributed by atoms with Crippen LogP contribution in [-0.2, 0) is 4.79 Å². The first-order valence-corrected chi connectivity index (χ1v) is 8.55. The lowest BCUT2D eigenvalue weighted by Gasteiger charge is -2.38. The fraction of sp³-hybridized carbons (Fsp3) is 0.941. The Bertz CT molecular complexity index is 362. The molecule has 1 unspecified atom stereocenters. The van der Waals surface area contributed by atoms with E-state index in [4.69, 9.17) is 0 Å². The molecular formula is C17H32N2O2. The molecule has 21 heavy (non-hydrogen) atoms. The maximum atomic E-state index is 11.7. The summed E-state index contributed by atoms with van der Waals surface area (Å²) in [5, 5.41) is 9.66. The zero-order valence-corrected chi connectivity index (χ0v) is 14.1. The van der Waals surface area contributed by atoms with Crippen molar-refractivity contribution in [3.05, 3.63) is 0 Å². The number of likely N-dealkylation sites (tertiary alicyclic amines) is 2. The molecule has 2 aliphatic rings. The first kappa shape index (κ1) is 16.8. The molecular weight excluding hydrogens is 264 g/mol. The molecule has 0 saturated carbocycles. The van der Waals surface area contributed by atoms with E-state index in [1.807, 2.05) is 0 Å². The number of nitrogens with zero attached hydrogens (tertiary/aromatic N) is 2. The number of carboxylic acid groups (broad SMARTS) is 1. The molecule has 0 amide bonds. The maximum Gasteiger partial charge on any atom is 0.311 e. The third kappa shape index (κ3) is 3.59. The van der Waals surface area contributed by atoms with Gasteiger partial charge in [0.15, 0.2) is 0 Å². The van der Waals surface area contributed by atoms with Gasteiger partial charge in [-0.15, -0.1) is 0 Å². The van der Waals surface area contributed by atoms with E-state index in [1.165, 1.54) is 32.5 Å². The molecule has 0 radical (unpaired) electrons. The van der Waals surface area contributed by atoms with Crippen LogP contribution in [0.3, 0.4) is 0 Å². The van der Waals surface area contributed by atoms with Crippen molar-refractivity contribution in [3.63, 3.8) is 0 Å². The Morgan fingerprint density at radius 2 is 1.81 bits per heavy atom. The highest BCUT2D eigenvalue weighted by atomic mass is 16.4. The Hall–Kier alpha value is -0.610. The monoisotopic (exact) mass is 296 g/mol. The fourth-order valence-electron chi connectivity index (χ4n) is 4.05. The minimum absolute atomic E-state index is 0.209. The van der Waals surface area contributed by atoms with Gasteiger partial charge >= 0.3 is 5.97 Å². The number of piperidine rings is 1. The van der Waals surface area contributed by atoms with Crippen molar-refractivity contribution < 1.29 is 9.90 Å². The van der Waals surface area contributed by atoms with E-state index in [-0.39, 0.29) is 5.92 Å². The zero-order chi connectivity index (χ0) is 15.6. The molecule has 2 aliphatic heterocycles. The van der Waals surface area contributed by atoms with Gasteiger partial charge in [0, 0.05) is 19.1 Å². The van der Waals surface area contributed by atoms with Crippen molar-refractivity contribution in [2.24, 2.45) is 17.3 Å². The molecule has 4 nitrogen and oxygen atoms in total. The fourth-order valence-corrected chi connectivity index (χ4v) is 4.05. The quantitative estimate of drug-likeness (QED) is 0.847. The standard InChI is InChI=1S/C17H32N2O2/c1-13(2)11-18-8-5-15(6-9-18)19-10-7-17(12-19,14(3)4)16(20)21/h13-15H,5-12H2,1-4H3,(H,20,21). The summed E-state index contributed by atoms with van der Waals surface area (Å²) in [7, 11) is 0. The number of hydrogen-bond donors (Lipinski definition) is 1. The van der Waals surface area contributed by atoms with Gasteiger partial charge < -0.3 is 10.0 Å². The van der Waals surface area contributed by atoms with Gasteiger partial charge in [-0.05, 0) is 50.7 Å². The minimum atomic E-state index is -0.600. The second-order valence-corrected chi connectivity index (χ2v) is 7.76. The highest BCUT2D eigenvalue weighted by Gasteiger charge is 2.48. The number of carboxylic acids is 1. The van der Waals surface area contributed by atoms with Crippen molar-refractivity contribution in [2.75, 3.05) is 32.7 Å². The second-order valence-electron chi connectivity index (χ2n) is 7.76. The predicted molar refractivity (Wildman–Crippen MR) is 85.4 cm³/mol. The maximum absolute atomic E-state index is 11.7.